The third-order valence-electron chi connectivity index (χ3n) is 8.50. The maximum Gasteiger partial charge on any atom is 0.326 e. The fraction of sp³-hybridized carbons (Fsp3) is 0.250. The number of amides is 1. The Labute approximate surface area is 302 Å². The maximum absolute atomic E-state index is 13.6. The number of thioether (sulfide) groups is 1. The van der Waals surface area contributed by atoms with Gasteiger partial charge in [-0.15, -0.1) is 0 Å². The number of carbonyl (C=O) groups excluding carboxylic acids is 1. The molecule has 0 saturated heterocycles. The van der Waals surface area contributed by atoms with Crippen molar-refractivity contribution in [2.75, 3.05) is 12.0 Å². The minimum absolute atomic E-state index is 0.167. The second-order valence-corrected chi connectivity index (χ2v) is 14.2. The summed E-state index contributed by atoms with van der Waals surface area (Å²) in [5, 5.41) is 13.8. The first-order valence-electron chi connectivity index (χ1n) is 16.1. The highest BCUT2D eigenvalue weighted by Gasteiger charge is 2.24. The summed E-state index contributed by atoms with van der Waals surface area (Å²) in [4.78, 5) is 27.8. The number of rotatable bonds is 14. The normalized spacial score (nSPS) is 12.0. The predicted octanol–water partition coefficient (Wildman–Crippen LogP) is 10.2. The van der Waals surface area contributed by atoms with Crippen molar-refractivity contribution in [1.29, 1.82) is 0 Å². The summed E-state index contributed by atoms with van der Waals surface area (Å²) in [5.41, 5.74) is 7.05. The van der Waals surface area contributed by atoms with Gasteiger partial charge in [-0.05, 0) is 122 Å². The number of halogens is 2. The Hall–Kier alpha value is -4.01. The summed E-state index contributed by atoms with van der Waals surface area (Å²) < 4.78 is 6.57. The highest BCUT2D eigenvalue weighted by molar-refractivity contribution is 7.98. The quantitative estimate of drug-likeness (QED) is 0.119. The molecule has 1 atom stereocenters. The van der Waals surface area contributed by atoms with Crippen LogP contribution in [0, 0.1) is 6.92 Å². The van der Waals surface area contributed by atoms with Crippen LogP contribution >= 0.6 is 35.0 Å². The van der Waals surface area contributed by atoms with Crippen LogP contribution < -0.4 is 5.32 Å². The lowest BCUT2D eigenvalue weighted by Crippen LogP contribution is -2.41. The molecule has 0 radical (unpaired) electrons. The Morgan fingerprint density at radius 3 is 2.10 bits per heavy atom. The molecule has 0 saturated carbocycles. The Bertz CT molecular complexity index is 1840. The zero-order valence-corrected chi connectivity index (χ0v) is 30.3. The number of carboxylic acids is 1. The molecule has 254 valence electrons. The molecule has 2 N–H and O–H groups in total. The standard InChI is InChI=1S/C40H40Cl2N2O4S/c1-25(2)44(24-32-22-35(28-10-14-30(41)15-11-28)38(48-32)29-12-16-31(42)17-13-29)23-27-9-18-34(36(21-27)33-8-6-5-7-26(33)3)39(45)43-37(40(46)47)19-20-49-4/h5-18,21-22,25,37H,19-20,23-24H2,1-4H3,(H,43,45)(H,46,47). The van der Waals surface area contributed by atoms with Gasteiger partial charge in [-0.25, -0.2) is 4.79 Å². The van der Waals surface area contributed by atoms with Gasteiger partial charge in [-0.3, -0.25) is 9.69 Å². The highest BCUT2D eigenvalue weighted by atomic mass is 35.5. The van der Waals surface area contributed by atoms with Crippen LogP contribution in [0.5, 0.6) is 0 Å². The van der Waals surface area contributed by atoms with Crippen molar-refractivity contribution in [3.8, 4) is 33.6 Å². The molecule has 1 heterocycles. The van der Waals surface area contributed by atoms with Gasteiger partial charge in [0.1, 0.15) is 17.6 Å². The largest absolute Gasteiger partial charge is 0.480 e. The number of carboxylic acid groups (broad SMARTS) is 1. The van der Waals surface area contributed by atoms with Crippen LogP contribution in [-0.2, 0) is 17.9 Å². The van der Waals surface area contributed by atoms with E-state index in [1.807, 2.05) is 104 Å². The number of nitrogens with one attached hydrogen (secondary N) is 1. The molecule has 4 aromatic carbocycles. The molecule has 1 amide bonds. The molecule has 0 fully saturated rings. The number of aryl methyl sites for hydroxylation is 1. The lowest BCUT2D eigenvalue weighted by molar-refractivity contribution is -0.139. The first-order chi connectivity index (χ1) is 23.5. The van der Waals surface area contributed by atoms with E-state index in [1.54, 1.807) is 11.8 Å². The minimum Gasteiger partial charge on any atom is -0.480 e. The van der Waals surface area contributed by atoms with Crippen molar-refractivity contribution >= 4 is 46.8 Å². The van der Waals surface area contributed by atoms with Gasteiger partial charge < -0.3 is 14.8 Å². The third-order valence-corrected chi connectivity index (χ3v) is 9.65. The number of furan rings is 1. The molecule has 5 rings (SSSR count). The first-order valence-corrected chi connectivity index (χ1v) is 18.3. The van der Waals surface area contributed by atoms with E-state index in [4.69, 9.17) is 27.6 Å². The zero-order valence-electron chi connectivity index (χ0n) is 28.0. The van der Waals surface area contributed by atoms with Gasteiger partial charge in [0.15, 0.2) is 0 Å². The average Bonchev–Trinajstić information content (AvgIpc) is 3.50. The van der Waals surface area contributed by atoms with Crippen molar-refractivity contribution in [3.63, 3.8) is 0 Å². The van der Waals surface area contributed by atoms with E-state index in [9.17, 15) is 14.7 Å². The van der Waals surface area contributed by atoms with Crippen molar-refractivity contribution in [2.24, 2.45) is 0 Å². The number of hydrogen-bond donors (Lipinski definition) is 2. The number of hydrogen-bond acceptors (Lipinski definition) is 5. The molecule has 9 heteroatoms. The Balaban J connectivity index is 1.47. The summed E-state index contributed by atoms with van der Waals surface area (Å²) in [7, 11) is 0. The number of aliphatic carboxylic acids is 1. The van der Waals surface area contributed by atoms with Gasteiger partial charge >= 0.3 is 5.97 Å². The lowest BCUT2D eigenvalue weighted by atomic mass is 9.93. The van der Waals surface area contributed by atoms with Crippen molar-refractivity contribution < 1.29 is 19.1 Å². The summed E-state index contributed by atoms with van der Waals surface area (Å²) >= 11 is 14.0. The molecule has 1 aromatic heterocycles. The molecule has 49 heavy (non-hydrogen) atoms. The maximum atomic E-state index is 13.6. The first kappa shape index (κ1) is 36.3. The monoisotopic (exact) mass is 714 g/mol. The van der Waals surface area contributed by atoms with Crippen molar-refractivity contribution in [3.05, 3.63) is 130 Å². The molecular formula is C40H40Cl2N2O4S. The lowest BCUT2D eigenvalue weighted by Gasteiger charge is -2.26. The summed E-state index contributed by atoms with van der Waals surface area (Å²) in [6.07, 6.45) is 2.26. The van der Waals surface area contributed by atoms with E-state index in [0.29, 0.717) is 40.9 Å². The van der Waals surface area contributed by atoms with E-state index in [2.05, 4.69) is 30.1 Å². The van der Waals surface area contributed by atoms with Crippen LogP contribution in [0.2, 0.25) is 10.0 Å². The number of nitrogens with zero attached hydrogens (tertiary/aromatic N) is 1. The molecule has 6 nitrogen and oxygen atoms in total. The van der Waals surface area contributed by atoms with E-state index in [0.717, 1.165) is 50.5 Å². The van der Waals surface area contributed by atoms with Gasteiger partial charge in [-0.1, -0.05) is 65.7 Å². The molecular weight excluding hydrogens is 675 g/mol. The van der Waals surface area contributed by atoms with Gasteiger partial charge in [0.2, 0.25) is 0 Å². The molecule has 1 unspecified atom stereocenters. The molecule has 0 aliphatic carbocycles. The molecule has 0 spiro atoms. The topological polar surface area (TPSA) is 82.8 Å². The number of benzene rings is 4. The van der Waals surface area contributed by atoms with Gasteiger partial charge in [0.05, 0.1) is 6.54 Å². The van der Waals surface area contributed by atoms with Gasteiger partial charge in [0, 0.05) is 39.3 Å². The Kier molecular flexibility index (Phi) is 12.3. The number of carbonyl (C=O) groups is 2. The zero-order chi connectivity index (χ0) is 35.1. The van der Waals surface area contributed by atoms with E-state index < -0.39 is 17.9 Å². The second kappa shape index (κ2) is 16.6. The Morgan fingerprint density at radius 1 is 0.837 bits per heavy atom. The van der Waals surface area contributed by atoms with Gasteiger partial charge in [0.25, 0.3) is 5.91 Å². The average molecular weight is 716 g/mol. The summed E-state index contributed by atoms with van der Waals surface area (Å²) in [6.45, 7) is 7.44. The molecule has 5 aromatic rings. The smallest absolute Gasteiger partial charge is 0.326 e. The Morgan fingerprint density at radius 2 is 1.49 bits per heavy atom. The van der Waals surface area contributed by atoms with Crippen LogP contribution in [-0.4, -0.2) is 46.0 Å². The van der Waals surface area contributed by atoms with Crippen LogP contribution in [0.25, 0.3) is 33.6 Å². The predicted molar refractivity (Wildman–Crippen MR) is 202 cm³/mol. The van der Waals surface area contributed by atoms with Crippen LogP contribution in [0.3, 0.4) is 0 Å². The summed E-state index contributed by atoms with van der Waals surface area (Å²) in [5.74, 6) is 0.749. The molecule has 0 aliphatic heterocycles. The van der Waals surface area contributed by atoms with Crippen LogP contribution in [0.4, 0.5) is 0 Å². The van der Waals surface area contributed by atoms with Crippen LogP contribution in [0.15, 0.2) is 101 Å². The molecule has 0 bridgehead atoms. The van der Waals surface area contributed by atoms with Crippen molar-refractivity contribution in [2.45, 2.75) is 52.4 Å². The summed E-state index contributed by atoms with van der Waals surface area (Å²) in [6, 6.07) is 30.3. The minimum atomic E-state index is -1.04. The van der Waals surface area contributed by atoms with E-state index in [-0.39, 0.29) is 6.04 Å². The molecule has 0 aliphatic rings. The fourth-order valence-electron chi connectivity index (χ4n) is 5.75. The van der Waals surface area contributed by atoms with E-state index >= 15 is 0 Å². The highest BCUT2D eigenvalue weighted by Crippen LogP contribution is 2.37. The van der Waals surface area contributed by atoms with Crippen LogP contribution in [0.1, 0.15) is 47.5 Å². The SMILES string of the molecule is CSCCC(NC(=O)c1ccc(CN(Cc2cc(-c3ccc(Cl)cc3)c(-c3ccc(Cl)cc3)o2)C(C)C)cc1-c1ccccc1C)C(=O)O. The van der Waals surface area contributed by atoms with Gasteiger partial charge in [-0.2, -0.15) is 11.8 Å². The third kappa shape index (κ3) is 9.17. The fourth-order valence-corrected chi connectivity index (χ4v) is 6.47. The van der Waals surface area contributed by atoms with Crippen molar-refractivity contribution in [1.82, 2.24) is 10.2 Å². The van der Waals surface area contributed by atoms with E-state index in [1.165, 1.54) is 0 Å². The second-order valence-electron chi connectivity index (χ2n) is 12.3.